The van der Waals surface area contributed by atoms with Crippen molar-refractivity contribution in [2.45, 2.75) is 0 Å². The third kappa shape index (κ3) is 1.95. The molecule has 0 radical (unpaired) electrons. The third-order valence-corrected chi connectivity index (χ3v) is 2.86. The summed E-state index contributed by atoms with van der Waals surface area (Å²) in [6, 6.07) is 7.56. The first-order valence-electron chi connectivity index (χ1n) is 5.78. The van der Waals surface area contributed by atoms with E-state index in [9.17, 15) is 14.5 Å². The Bertz CT molecular complexity index is 786. The summed E-state index contributed by atoms with van der Waals surface area (Å²) in [5.74, 6) is -0.725. The summed E-state index contributed by atoms with van der Waals surface area (Å²) in [6.45, 7) is 0. The Morgan fingerprint density at radius 1 is 1.30 bits per heavy atom. The van der Waals surface area contributed by atoms with E-state index in [1.807, 2.05) is 0 Å². The number of benzene rings is 1. The maximum Gasteiger partial charge on any atom is 0.281 e. The van der Waals surface area contributed by atoms with Crippen molar-refractivity contribution >= 4 is 22.3 Å². The molecule has 20 heavy (non-hydrogen) atoms. The lowest BCUT2D eigenvalue weighted by atomic mass is 10.1. The Kier molecular flexibility index (Phi) is 2.79. The number of fused-ring (bicyclic) bond motifs is 1. The maximum absolute atomic E-state index is 14.1. The molecule has 0 bridgehead atoms. The Morgan fingerprint density at radius 2 is 2.05 bits per heavy atom. The molecule has 0 atom stereocenters. The van der Waals surface area contributed by atoms with Crippen LogP contribution in [0.15, 0.2) is 48.9 Å². The van der Waals surface area contributed by atoms with Gasteiger partial charge in [0.2, 0.25) is 0 Å². The number of nitro groups is 1. The number of anilines is 1. The smallest absolute Gasteiger partial charge is 0.281 e. The Hall–Kier alpha value is -2.96. The highest BCUT2D eigenvalue weighted by Gasteiger charge is 2.19. The minimum Gasteiger partial charge on any atom is -0.290 e. The predicted octanol–water partition coefficient (Wildman–Crippen LogP) is 2.96. The Balaban J connectivity index is 2.24. The van der Waals surface area contributed by atoms with Crippen LogP contribution in [-0.2, 0) is 0 Å². The Morgan fingerprint density at radius 3 is 2.75 bits per heavy atom. The summed E-state index contributed by atoms with van der Waals surface area (Å²) in [6.07, 6.45) is 4.84. The second kappa shape index (κ2) is 4.61. The van der Waals surface area contributed by atoms with Crippen LogP contribution in [0.4, 0.5) is 15.8 Å². The van der Waals surface area contributed by atoms with E-state index in [1.54, 1.807) is 41.3 Å². The van der Waals surface area contributed by atoms with Crippen molar-refractivity contribution < 1.29 is 9.31 Å². The second-order valence-electron chi connectivity index (χ2n) is 4.11. The molecule has 0 saturated carbocycles. The number of nitrogens with one attached hydrogen (secondary N) is 1. The van der Waals surface area contributed by atoms with Gasteiger partial charge in [-0.25, -0.2) is 4.39 Å². The minimum atomic E-state index is -0.725. The number of pyridine rings is 1. The van der Waals surface area contributed by atoms with Crippen molar-refractivity contribution in [3.05, 3.63) is 64.9 Å². The molecule has 3 rings (SSSR count). The molecule has 1 aromatic carbocycles. The summed E-state index contributed by atoms with van der Waals surface area (Å²) in [7, 11) is 0. The van der Waals surface area contributed by atoms with Crippen LogP contribution in [0.25, 0.3) is 10.9 Å². The van der Waals surface area contributed by atoms with Gasteiger partial charge in [0, 0.05) is 18.6 Å². The van der Waals surface area contributed by atoms with Crippen LogP contribution in [-0.4, -0.2) is 14.6 Å². The summed E-state index contributed by atoms with van der Waals surface area (Å²) in [5.41, 5.74) is 2.83. The summed E-state index contributed by atoms with van der Waals surface area (Å²) >= 11 is 0. The zero-order valence-electron chi connectivity index (χ0n) is 10.2. The van der Waals surface area contributed by atoms with E-state index in [0.717, 1.165) is 6.07 Å². The first-order chi connectivity index (χ1) is 9.66. The van der Waals surface area contributed by atoms with E-state index in [0.29, 0.717) is 0 Å². The van der Waals surface area contributed by atoms with Crippen LogP contribution in [0.1, 0.15) is 0 Å². The largest absolute Gasteiger partial charge is 0.290 e. The van der Waals surface area contributed by atoms with E-state index in [-0.39, 0.29) is 22.3 Å². The average molecular weight is 272 g/mol. The van der Waals surface area contributed by atoms with Gasteiger partial charge < -0.3 is 0 Å². The number of hydrogen-bond acceptors (Lipinski definition) is 4. The van der Waals surface area contributed by atoms with Gasteiger partial charge in [0.05, 0.1) is 16.4 Å². The van der Waals surface area contributed by atoms with Crippen molar-refractivity contribution in [2.24, 2.45) is 0 Å². The quantitative estimate of drug-likeness (QED) is 0.587. The summed E-state index contributed by atoms with van der Waals surface area (Å²) in [4.78, 5) is 14.4. The number of halogens is 1. The minimum absolute atomic E-state index is 0.0994. The van der Waals surface area contributed by atoms with Gasteiger partial charge in [-0.15, -0.1) is 0 Å². The number of non-ortho nitro benzene ring substituents is 1. The van der Waals surface area contributed by atoms with E-state index in [1.165, 1.54) is 6.20 Å². The normalized spacial score (nSPS) is 10.7. The third-order valence-electron chi connectivity index (χ3n) is 2.86. The van der Waals surface area contributed by atoms with Crippen LogP contribution in [0.3, 0.4) is 0 Å². The number of nitro benzene ring substituents is 1. The van der Waals surface area contributed by atoms with Gasteiger partial charge in [-0.05, 0) is 24.3 Å². The Labute approximate surface area is 112 Å². The van der Waals surface area contributed by atoms with Gasteiger partial charge in [0.25, 0.3) is 5.69 Å². The summed E-state index contributed by atoms with van der Waals surface area (Å²) in [5, 5.41) is 11.3. The van der Waals surface area contributed by atoms with E-state index in [4.69, 9.17) is 0 Å². The average Bonchev–Trinajstić information content (AvgIpc) is 2.94. The number of aromatic nitrogens is 2. The molecule has 3 aromatic rings. The molecule has 0 fully saturated rings. The first-order valence-corrected chi connectivity index (χ1v) is 5.78. The molecule has 2 heterocycles. The fourth-order valence-electron chi connectivity index (χ4n) is 1.99. The van der Waals surface area contributed by atoms with Crippen molar-refractivity contribution in [1.82, 2.24) is 9.66 Å². The molecule has 0 amide bonds. The molecule has 0 aliphatic heterocycles. The molecule has 7 heteroatoms. The van der Waals surface area contributed by atoms with Crippen molar-refractivity contribution in [1.29, 1.82) is 0 Å². The maximum atomic E-state index is 14.1. The molecule has 0 aliphatic rings. The number of rotatable bonds is 3. The molecular formula is C13H9FN4O2. The van der Waals surface area contributed by atoms with Crippen molar-refractivity contribution in [2.75, 3.05) is 5.43 Å². The molecule has 0 spiro atoms. The van der Waals surface area contributed by atoms with E-state index < -0.39 is 10.7 Å². The van der Waals surface area contributed by atoms with Crippen LogP contribution in [0.2, 0.25) is 0 Å². The lowest BCUT2D eigenvalue weighted by Gasteiger charge is -2.11. The fraction of sp³-hybridized carbons (Fsp3) is 0. The molecule has 6 nitrogen and oxygen atoms in total. The van der Waals surface area contributed by atoms with Crippen molar-refractivity contribution in [3.63, 3.8) is 0 Å². The lowest BCUT2D eigenvalue weighted by Crippen LogP contribution is -2.09. The van der Waals surface area contributed by atoms with Gasteiger partial charge in [0.15, 0.2) is 5.82 Å². The molecule has 100 valence electrons. The van der Waals surface area contributed by atoms with Gasteiger partial charge >= 0.3 is 0 Å². The molecule has 1 N–H and O–H groups in total. The topological polar surface area (TPSA) is 73.0 Å². The molecular weight excluding hydrogens is 263 g/mol. The lowest BCUT2D eigenvalue weighted by molar-refractivity contribution is -0.383. The monoisotopic (exact) mass is 272 g/mol. The van der Waals surface area contributed by atoms with Gasteiger partial charge in [-0.1, -0.05) is 0 Å². The van der Waals surface area contributed by atoms with Gasteiger partial charge in [-0.2, -0.15) is 0 Å². The van der Waals surface area contributed by atoms with Crippen molar-refractivity contribution in [3.8, 4) is 0 Å². The highest BCUT2D eigenvalue weighted by molar-refractivity contribution is 5.96. The van der Waals surface area contributed by atoms with E-state index in [2.05, 4.69) is 10.4 Å². The number of hydrogen-bond donors (Lipinski definition) is 1. The van der Waals surface area contributed by atoms with Gasteiger partial charge in [-0.3, -0.25) is 25.2 Å². The molecule has 2 aromatic heterocycles. The molecule has 0 saturated heterocycles. The molecule has 0 aliphatic carbocycles. The van der Waals surface area contributed by atoms with Crippen LogP contribution < -0.4 is 5.43 Å². The number of nitrogens with zero attached hydrogens (tertiary/aromatic N) is 3. The van der Waals surface area contributed by atoms with Crippen LogP contribution in [0.5, 0.6) is 0 Å². The predicted molar refractivity (Wildman–Crippen MR) is 71.8 cm³/mol. The van der Waals surface area contributed by atoms with Crippen LogP contribution in [0, 0.1) is 15.9 Å². The SMILES string of the molecule is O=[N+]([O-])c1cc(F)c(Nn2cccc2)c2ncccc12. The molecule has 0 unspecified atom stereocenters. The summed E-state index contributed by atoms with van der Waals surface area (Å²) < 4.78 is 15.7. The standard InChI is InChI=1S/C13H9FN4O2/c14-10-8-11(18(19)20)9-4-3-5-15-12(9)13(10)16-17-6-1-2-7-17/h1-8,16H. The first kappa shape index (κ1) is 12.1. The van der Waals surface area contributed by atoms with Gasteiger partial charge in [0.1, 0.15) is 11.2 Å². The highest BCUT2D eigenvalue weighted by Crippen LogP contribution is 2.32. The zero-order valence-corrected chi connectivity index (χ0v) is 10.2. The van der Waals surface area contributed by atoms with E-state index >= 15 is 0 Å². The highest BCUT2D eigenvalue weighted by atomic mass is 19.1. The fourth-order valence-corrected chi connectivity index (χ4v) is 1.99. The van der Waals surface area contributed by atoms with Crippen LogP contribution >= 0.6 is 0 Å². The zero-order chi connectivity index (χ0) is 14.1. The second-order valence-corrected chi connectivity index (χ2v) is 4.11.